The van der Waals surface area contributed by atoms with Gasteiger partial charge in [-0.05, 0) is 42.3 Å². The van der Waals surface area contributed by atoms with Crippen LogP contribution in [0.1, 0.15) is 11.1 Å². The largest absolute Gasteiger partial charge is 0.493 e. The summed E-state index contributed by atoms with van der Waals surface area (Å²) in [4.78, 5) is 18.9. The molecular weight excluding hydrogens is 372 g/mol. The molecule has 0 radical (unpaired) electrons. The predicted octanol–water partition coefficient (Wildman–Crippen LogP) is 4.31. The Morgan fingerprint density at radius 2 is 1.79 bits per heavy atom. The van der Waals surface area contributed by atoms with Crippen LogP contribution in [0.4, 0.5) is 0 Å². The molecule has 2 aromatic carbocycles. The van der Waals surface area contributed by atoms with E-state index in [2.05, 4.69) is 4.98 Å². The Bertz CT molecular complexity index is 991. The van der Waals surface area contributed by atoms with Crippen LogP contribution in [-0.2, 0) is 11.3 Å². The van der Waals surface area contributed by atoms with Crippen molar-refractivity contribution in [3.63, 3.8) is 0 Å². The Morgan fingerprint density at radius 3 is 2.54 bits per heavy atom. The number of thioether (sulfide) groups is 1. The van der Waals surface area contributed by atoms with E-state index in [1.165, 1.54) is 11.8 Å². The third-order valence-electron chi connectivity index (χ3n) is 4.59. The van der Waals surface area contributed by atoms with E-state index in [9.17, 15) is 4.79 Å². The minimum atomic E-state index is 0.0501. The Kier molecular flexibility index (Phi) is 6.41. The molecule has 0 bridgehead atoms. The van der Waals surface area contributed by atoms with Crippen molar-refractivity contribution < 1.29 is 14.3 Å². The van der Waals surface area contributed by atoms with Gasteiger partial charge in [0.15, 0.2) is 11.5 Å². The molecule has 0 spiro atoms. The quantitative estimate of drug-likeness (QED) is 0.557. The van der Waals surface area contributed by atoms with Crippen molar-refractivity contribution in [3.05, 3.63) is 59.7 Å². The average molecular weight is 397 g/mol. The summed E-state index contributed by atoms with van der Waals surface area (Å²) in [7, 11) is 5.04. The summed E-state index contributed by atoms with van der Waals surface area (Å²) in [6, 6.07) is 15.8. The number of hydrogen-bond acceptors (Lipinski definition) is 5. The van der Waals surface area contributed by atoms with E-state index >= 15 is 0 Å². The molecule has 28 heavy (non-hydrogen) atoms. The van der Waals surface area contributed by atoms with Crippen LogP contribution in [0.5, 0.6) is 11.5 Å². The molecule has 5 nitrogen and oxygen atoms in total. The Hall–Kier alpha value is -2.73. The SMILES string of the molecule is COc1cc(C)c(CN(C)C(=O)CSc2ccc3ccccc3n2)cc1OC. The third kappa shape index (κ3) is 4.57. The number of methoxy groups -OCH3 is 2. The average Bonchev–Trinajstić information content (AvgIpc) is 2.72. The van der Waals surface area contributed by atoms with Gasteiger partial charge in [0.05, 0.1) is 30.5 Å². The van der Waals surface area contributed by atoms with Gasteiger partial charge in [0, 0.05) is 19.0 Å². The lowest BCUT2D eigenvalue weighted by Gasteiger charge is -2.20. The van der Waals surface area contributed by atoms with Gasteiger partial charge in [0.2, 0.25) is 5.91 Å². The maximum atomic E-state index is 12.6. The number of aryl methyl sites for hydroxylation is 1. The van der Waals surface area contributed by atoms with E-state index < -0.39 is 0 Å². The second kappa shape index (κ2) is 8.97. The minimum Gasteiger partial charge on any atom is -0.493 e. The van der Waals surface area contributed by atoms with Crippen molar-refractivity contribution in [2.24, 2.45) is 0 Å². The van der Waals surface area contributed by atoms with Crippen molar-refractivity contribution in [2.75, 3.05) is 27.0 Å². The van der Waals surface area contributed by atoms with E-state index in [0.29, 0.717) is 23.8 Å². The van der Waals surface area contributed by atoms with E-state index in [1.54, 1.807) is 19.1 Å². The number of para-hydroxylation sites is 1. The van der Waals surface area contributed by atoms with Gasteiger partial charge in [0.25, 0.3) is 0 Å². The van der Waals surface area contributed by atoms with Gasteiger partial charge in [-0.1, -0.05) is 36.0 Å². The molecule has 0 saturated heterocycles. The van der Waals surface area contributed by atoms with Gasteiger partial charge in [0.1, 0.15) is 0 Å². The molecule has 0 atom stereocenters. The number of carbonyl (C=O) groups is 1. The highest BCUT2D eigenvalue weighted by Crippen LogP contribution is 2.31. The Labute approximate surface area is 169 Å². The number of benzene rings is 2. The molecule has 3 rings (SSSR count). The molecular formula is C22H24N2O3S. The molecule has 0 fully saturated rings. The third-order valence-corrected chi connectivity index (χ3v) is 5.51. The molecule has 1 aromatic heterocycles. The summed E-state index contributed by atoms with van der Waals surface area (Å²) in [6.45, 7) is 2.51. The van der Waals surface area contributed by atoms with Gasteiger partial charge in [-0.2, -0.15) is 0 Å². The van der Waals surface area contributed by atoms with E-state index in [4.69, 9.17) is 9.47 Å². The Balaban J connectivity index is 1.64. The zero-order chi connectivity index (χ0) is 20.1. The minimum absolute atomic E-state index is 0.0501. The van der Waals surface area contributed by atoms with Crippen molar-refractivity contribution >= 4 is 28.6 Å². The van der Waals surface area contributed by atoms with Crippen molar-refractivity contribution in [1.82, 2.24) is 9.88 Å². The molecule has 0 aliphatic heterocycles. The molecule has 3 aromatic rings. The van der Waals surface area contributed by atoms with Gasteiger partial charge < -0.3 is 14.4 Å². The van der Waals surface area contributed by atoms with Crippen molar-refractivity contribution in [2.45, 2.75) is 18.5 Å². The molecule has 1 heterocycles. The zero-order valence-electron chi connectivity index (χ0n) is 16.6. The van der Waals surface area contributed by atoms with Crippen LogP contribution in [0, 0.1) is 6.92 Å². The summed E-state index contributed by atoms with van der Waals surface area (Å²) in [5.74, 6) is 1.75. The highest BCUT2D eigenvalue weighted by atomic mass is 32.2. The fourth-order valence-electron chi connectivity index (χ4n) is 2.91. The maximum Gasteiger partial charge on any atom is 0.233 e. The van der Waals surface area contributed by atoms with Crippen LogP contribution in [0.15, 0.2) is 53.6 Å². The number of fused-ring (bicyclic) bond motifs is 1. The normalized spacial score (nSPS) is 10.7. The summed E-state index contributed by atoms with van der Waals surface area (Å²) in [5, 5.41) is 1.95. The van der Waals surface area contributed by atoms with Crippen LogP contribution in [0.25, 0.3) is 10.9 Å². The molecule has 6 heteroatoms. The van der Waals surface area contributed by atoms with Crippen LogP contribution in [0.2, 0.25) is 0 Å². The first kappa shape index (κ1) is 20.0. The van der Waals surface area contributed by atoms with E-state index in [0.717, 1.165) is 27.1 Å². The maximum absolute atomic E-state index is 12.6. The first-order valence-corrected chi connectivity index (χ1v) is 9.94. The molecule has 0 aliphatic rings. The monoisotopic (exact) mass is 396 g/mol. The fourth-order valence-corrected chi connectivity index (χ4v) is 3.73. The van der Waals surface area contributed by atoms with E-state index in [1.807, 2.05) is 62.5 Å². The highest BCUT2D eigenvalue weighted by molar-refractivity contribution is 7.99. The number of hydrogen-bond donors (Lipinski definition) is 0. The lowest BCUT2D eigenvalue weighted by molar-refractivity contribution is -0.127. The second-order valence-electron chi connectivity index (χ2n) is 6.51. The summed E-state index contributed by atoms with van der Waals surface area (Å²) in [5.41, 5.74) is 3.03. The Morgan fingerprint density at radius 1 is 1.07 bits per heavy atom. The number of pyridine rings is 1. The van der Waals surface area contributed by atoms with Gasteiger partial charge >= 0.3 is 0 Å². The molecule has 0 N–H and O–H groups in total. The van der Waals surface area contributed by atoms with E-state index in [-0.39, 0.29) is 5.91 Å². The van der Waals surface area contributed by atoms with Crippen LogP contribution in [0.3, 0.4) is 0 Å². The second-order valence-corrected chi connectivity index (χ2v) is 7.51. The molecule has 0 saturated carbocycles. The van der Waals surface area contributed by atoms with Gasteiger partial charge in [-0.25, -0.2) is 4.98 Å². The standard InChI is InChI=1S/C22H24N2O3S/c1-15-11-19(26-3)20(27-4)12-17(15)13-24(2)22(25)14-28-21-10-9-16-7-5-6-8-18(16)23-21/h5-12H,13-14H2,1-4H3. The number of amides is 1. The first-order chi connectivity index (χ1) is 13.5. The van der Waals surface area contributed by atoms with Gasteiger partial charge in [-0.3, -0.25) is 4.79 Å². The molecule has 146 valence electrons. The van der Waals surface area contributed by atoms with Gasteiger partial charge in [-0.15, -0.1) is 0 Å². The molecule has 0 unspecified atom stereocenters. The smallest absolute Gasteiger partial charge is 0.233 e. The van der Waals surface area contributed by atoms with Crippen molar-refractivity contribution in [1.29, 1.82) is 0 Å². The molecule has 1 amide bonds. The lowest BCUT2D eigenvalue weighted by atomic mass is 10.1. The van der Waals surface area contributed by atoms with Crippen LogP contribution >= 0.6 is 11.8 Å². The number of rotatable bonds is 7. The zero-order valence-corrected chi connectivity index (χ0v) is 17.4. The first-order valence-electron chi connectivity index (χ1n) is 8.96. The van der Waals surface area contributed by atoms with Crippen LogP contribution < -0.4 is 9.47 Å². The highest BCUT2D eigenvalue weighted by Gasteiger charge is 2.14. The fraction of sp³-hybridized carbons (Fsp3) is 0.273. The summed E-state index contributed by atoms with van der Waals surface area (Å²) >= 11 is 1.45. The summed E-state index contributed by atoms with van der Waals surface area (Å²) < 4.78 is 10.7. The van der Waals surface area contributed by atoms with Crippen molar-refractivity contribution in [3.8, 4) is 11.5 Å². The topological polar surface area (TPSA) is 51.7 Å². The number of ether oxygens (including phenoxy) is 2. The molecule has 0 aliphatic carbocycles. The lowest BCUT2D eigenvalue weighted by Crippen LogP contribution is -2.28. The number of carbonyl (C=O) groups excluding carboxylic acids is 1. The number of nitrogens with zero attached hydrogens (tertiary/aromatic N) is 2. The van der Waals surface area contributed by atoms with Crippen LogP contribution in [-0.4, -0.2) is 42.8 Å². The number of aromatic nitrogens is 1. The predicted molar refractivity (Wildman–Crippen MR) is 113 cm³/mol. The summed E-state index contributed by atoms with van der Waals surface area (Å²) in [6.07, 6.45) is 0.